The highest BCUT2D eigenvalue weighted by Crippen LogP contribution is 2.33. The van der Waals surface area contributed by atoms with Gasteiger partial charge in [0.2, 0.25) is 0 Å². The summed E-state index contributed by atoms with van der Waals surface area (Å²) in [6.45, 7) is 3.84. The number of anilines is 1. The molecule has 1 atom stereocenters. The van der Waals surface area contributed by atoms with Crippen molar-refractivity contribution in [1.29, 1.82) is 0 Å². The van der Waals surface area contributed by atoms with E-state index in [0.29, 0.717) is 19.7 Å². The second kappa shape index (κ2) is 7.99. The number of rotatable bonds is 8. The van der Waals surface area contributed by atoms with Crippen LogP contribution in [0.5, 0.6) is 5.75 Å². The van der Waals surface area contributed by atoms with Gasteiger partial charge in [0.15, 0.2) is 0 Å². The van der Waals surface area contributed by atoms with E-state index >= 15 is 0 Å². The Morgan fingerprint density at radius 3 is 2.58 bits per heavy atom. The summed E-state index contributed by atoms with van der Waals surface area (Å²) in [5, 5.41) is 9.21. The van der Waals surface area contributed by atoms with Crippen LogP contribution in [0, 0.1) is 0 Å². The van der Waals surface area contributed by atoms with Gasteiger partial charge in [-0.2, -0.15) is 0 Å². The molecule has 1 aromatic rings. The van der Waals surface area contributed by atoms with Gasteiger partial charge in [-0.25, -0.2) is 0 Å². The molecule has 0 aliphatic heterocycles. The van der Waals surface area contributed by atoms with Gasteiger partial charge in [0.1, 0.15) is 5.75 Å². The standard InChI is InChI=1S/C14H24N2O3/c1-11(15)14-12(5-4-6-13(14)19-3)16(7-9-17)8-10-18-2/h4-6,11,17H,7-10,15H2,1-3H3. The van der Waals surface area contributed by atoms with Crippen molar-refractivity contribution in [2.75, 3.05) is 45.4 Å². The van der Waals surface area contributed by atoms with E-state index in [2.05, 4.69) is 4.90 Å². The minimum atomic E-state index is -0.144. The predicted octanol–water partition coefficient (Wildman–Crippen LogP) is 1.16. The molecule has 0 amide bonds. The Labute approximate surface area is 114 Å². The Balaban J connectivity index is 3.13. The van der Waals surface area contributed by atoms with Crippen LogP contribution >= 0.6 is 0 Å². The average Bonchev–Trinajstić information content (AvgIpc) is 2.42. The summed E-state index contributed by atoms with van der Waals surface area (Å²) < 4.78 is 10.5. The lowest BCUT2D eigenvalue weighted by atomic mass is 10.0. The number of aliphatic hydroxyl groups is 1. The van der Waals surface area contributed by atoms with E-state index < -0.39 is 0 Å². The van der Waals surface area contributed by atoms with Crippen molar-refractivity contribution in [3.8, 4) is 5.75 Å². The van der Waals surface area contributed by atoms with Crippen molar-refractivity contribution in [3.05, 3.63) is 23.8 Å². The third-order valence-corrected chi connectivity index (χ3v) is 2.99. The Hall–Kier alpha value is -1.30. The maximum atomic E-state index is 9.21. The number of aliphatic hydroxyl groups excluding tert-OH is 1. The molecular formula is C14H24N2O3. The lowest BCUT2D eigenvalue weighted by Gasteiger charge is -2.28. The summed E-state index contributed by atoms with van der Waals surface area (Å²) in [4.78, 5) is 2.06. The Kier molecular flexibility index (Phi) is 6.62. The molecule has 1 rings (SSSR count). The molecule has 0 radical (unpaired) electrons. The molecule has 0 saturated carbocycles. The van der Waals surface area contributed by atoms with E-state index in [4.69, 9.17) is 15.2 Å². The highest BCUT2D eigenvalue weighted by molar-refractivity contribution is 5.60. The Bertz CT molecular complexity index is 383. The Morgan fingerprint density at radius 2 is 2.05 bits per heavy atom. The molecule has 1 aromatic carbocycles. The van der Waals surface area contributed by atoms with Crippen molar-refractivity contribution in [2.24, 2.45) is 5.73 Å². The zero-order valence-corrected chi connectivity index (χ0v) is 11.9. The summed E-state index contributed by atoms with van der Waals surface area (Å²) in [6, 6.07) is 5.68. The molecule has 0 fully saturated rings. The van der Waals surface area contributed by atoms with Crippen LogP contribution in [0.3, 0.4) is 0 Å². The maximum Gasteiger partial charge on any atom is 0.125 e. The van der Waals surface area contributed by atoms with Crippen LogP contribution in [0.2, 0.25) is 0 Å². The molecule has 0 heterocycles. The van der Waals surface area contributed by atoms with Gasteiger partial charge < -0.3 is 25.2 Å². The second-order valence-electron chi connectivity index (χ2n) is 4.39. The fraction of sp³-hybridized carbons (Fsp3) is 0.571. The molecule has 0 aromatic heterocycles. The molecule has 108 valence electrons. The summed E-state index contributed by atoms with van der Waals surface area (Å²) in [5.74, 6) is 0.771. The van der Waals surface area contributed by atoms with Crippen LogP contribution in [0.4, 0.5) is 5.69 Å². The van der Waals surface area contributed by atoms with E-state index in [1.54, 1.807) is 14.2 Å². The number of ether oxygens (including phenoxy) is 2. The van der Waals surface area contributed by atoms with Crippen molar-refractivity contribution in [2.45, 2.75) is 13.0 Å². The number of nitrogens with zero attached hydrogens (tertiary/aromatic N) is 1. The number of nitrogens with two attached hydrogens (primary N) is 1. The Morgan fingerprint density at radius 1 is 1.32 bits per heavy atom. The summed E-state index contributed by atoms with van der Waals surface area (Å²) in [5.41, 5.74) is 7.99. The summed E-state index contributed by atoms with van der Waals surface area (Å²) in [6.07, 6.45) is 0. The molecule has 3 N–H and O–H groups in total. The highest BCUT2D eigenvalue weighted by atomic mass is 16.5. The monoisotopic (exact) mass is 268 g/mol. The maximum absolute atomic E-state index is 9.21. The minimum absolute atomic E-state index is 0.0827. The molecule has 1 unspecified atom stereocenters. The fourth-order valence-electron chi connectivity index (χ4n) is 2.12. The summed E-state index contributed by atoms with van der Waals surface area (Å²) in [7, 11) is 3.30. The molecule has 0 bridgehead atoms. The van der Waals surface area contributed by atoms with Gasteiger partial charge in [0, 0.05) is 37.5 Å². The third kappa shape index (κ3) is 4.09. The van der Waals surface area contributed by atoms with Crippen molar-refractivity contribution < 1.29 is 14.6 Å². The molecule has 19 heavy (non-hydrogen) atoms. The number of methoxy groups -OCH3 is 2. The normalized spacial score (nSPS) is 12.3. The first kappa shape index (κ1) is 15.8. The van der Waals surface area contributed by atoms with Crippen LogP contribution in [0.15, 0.2) is 18.2 Å². The predicted molar refractivity (Wildman–Crippen MR) is 76.8 cm³/mol. The van der Waals surface area contributed by atoms with Gasteiger partial charge in [-0.05, 0) is 19.1 Å². The van der Waals surface area contributed by atoms with E-state index in [1.165, 1.54) is 0 Å². The number of hydrogen-bond donors (Lipinski definition) is 2. The highest BCUT2D eigenvalue weighted by Gasteiger charge is 2.17. The third-order valence-electron chi connectivity index (χ3n) is 2.99. The first-order chi connectivity index (χ1) is 9.15. The van der Waals surface area contributed by atoms with Crippen LogP contribution < -0.4 is 15.4 Å². The summed E-state index contributed by atoms with van der Waals surface area (Å²) >= 11 is 0. The van der Waals surface area contributed by atoms with E-state index in [0.717, 1.165) is 17.0 Å². The van der Waals surface area contributed by atoms with E-state index in [-0.39, 0.29) is 12.6 Å². The van der Waals surface area contributed by atoms with E-state index in [9.17, 15) is 5.11 Å². The SMILES string of the molecule is COCCN(CCO)c1cccc(OC)c1C(C)N. The van der Waals surface area contributed by atoms with E-state index in [1.807, 2.05) is 25.1 Å². The van der Waals surface area contributed by atoms with Gasteiger partial charge in [0.05, 0.1) is 20.3 Å². The number of benzene rings is 1. The van der Waals surface area contributed by atoms with Gasteiger partial charge in [0.25, 0.3) is 0 Å². The van der Waals surface area contributed by atoms with Crippen LogP contribution in [0.1, 0.15) is 18.5 Å². The van der Waals surface area contributed by atoms with Crippen LogP contribution in [0.25, 0.3) is 0 Å². The van der Waals surface area contributed by atoms with Gasteiger partial charge in [-0.15, -0.1) is 0 Å². The quantitative estimate of drug-likeness (QED) is 0.740. The van der Waals surface area contributed by atoms with Crippen LogP contribution in [-0.2, 0) is 4.74 Å². The first-order valence-electron chi connectivity index (χ1n) is 6.42. The largest absolute Gasteiger partial charge is 0.496 e. The van der Waals surface area contributed by atoms with Crippen molar-refractivity contribution in [1.82, 2.24) is 0 Å². The molecule has 5 heteroatoms. The first-order valence-corrected chi connectivity index (χ1v) is 6.42. The molecule has 0 aliphatic carbocycles. The molecular weight excluding hydrogens is 244 g/mol. The lowest BCUT2D eigenvalue weighted by molar-refractivity contribution is 0.203. The lowest BCUT2D eigenvalue weighted by Crippen LogP contribution is -2.31. The number of hydrogen-bond acceptors (Lipinski definition) is 5. The van der Waals surface area contributed by atoms with Gasteiger partial charge in [-0.1, -0.05) is 6.07 Å². The molecule has 5 nitrogen and oxygen atoms in total. The van der Waals surface area contributed by atoms with Gasteiger partial charge >= 0.3 is 0 Å². The second-order valence-corrected chi connectivity index (χ2v) is 4.39. The zero-order chi connectivity index (χ0) is 14.3. The molecule has 0 spiro atoms. The average molecular weight is 268 g/mol. The molecule has 0 aliphatic rings. The fourth-order valence-corrected chi connectivity index (χ4v) is 2.12. The minimum Gasteiger partial charge on any atom is -0.496 e. The van der Waals surface area contributed by atoms with Gasteiger partial charge in [-0.3, -0.25) is 0 Å². The zero-order valence-electron chi connectivity index (χ0n) is 11.9. The van der Waals surface area contributed by atoms with Crippen molar-refractivity contribution >= 4 is 5.69 Å². The smallest absolute Gasteiger partial charge is 0.125 e. The van der Waals surface area contributed by atoms with Crippen LogP contribution in [-0.4, -0.2) is 45.6 Å². The van der Waals surface area contributed by atoms with Crippen molar-refractivity contribution in [3.63, 3.8) is 0 Å². The molecule has 0 saturated heterocycles. The topological polar surface area (TPSA) is 68.0 Å².